The molecule has 6 heteroatoms. The largest absolute Gasteiger partial charge is 0.491 e. The third kappa shape index (κ3) is 6.51. The fraction of sp³-hybridized carbons (Fsp3) is 0.310. The molecular formula is C29H32BrN3O2. The zero-order valence-corrected chi connectivity index (χ0v) is 22.0. The molecule has 0 saturated carbocycles. The molecule has 0 spiro atoms. The van der Waals surface area contributed by atoms with Crippen molar-refractivity contribution in [1.29, 1.82) is 0 Å². The molecule has 1 aromatic heterocycles. The first-order valence-corrected chi connectivity index (χ1v) is 13.0. The maximum atomic E-state index is 12.3. The Hall–Kier alpha value is -3.12. The molecule has 0 radical (unpaired) electrons. The van der Waals surface area contributed by atoms with Crippen molar-refractivity contribution in [2.45, 2.75) is 46.1 Å². The molecule has 0 fully saturated rings. The van der Waals surface area contributed by atoms with Crippen LogP contribution in [0, 0.1) is 13.8 Å². The molecule has 0 aliphatic rings. The summed E-state index contributed by atoms with van der Waals surface area (Å²) in [4.78, 5) is 17.2. The summed E-state index contributed by atoms with van der Waals surface area (Å²) >= 11 is 3.41. The Morgan fingerprint density at radius 3 is 2.54 bits per heavy atom. The molecule has 0 aliphatic carbocycles. The molecule has 182 valence electrons. The van der Waals surface area contributed by atoms with Crippen molar-refractivity contribution < 1.29 is 9.53 Å². The molecule has 0 bridgehead atoms. The number of carbonyl (C=O) groups excluding carboxylic acids is 1. The van der Waals surface area contributed by atoms with Crippen LogP contribution >= 0.6 is 15.9 Å². The summed E-state index contributed by atoms with van der Waals surface area (Å²) in [6.45, 7) is 6.20. The van der Waals surface area contributed by atoms with E-state index in [4.69, 9.17) is 9.72 Å². The van der Waals surface area contributed by atoms with Crippen LogP contribution in [-0.2, 0) is 13.0 Å². The average molecular weight is 534 g/mol. The molecule has 1 N–H and O–H groups in total. The van der Waals surface area contributed by atoms with Crippen molar-refractivity contribution in [2.75, 3.05) is 13.2 Å². The molecule has 1 amide bonds. The number of hydrogen-bond donors (Lipinski definition) is 1. The number of rotatable bonds is 11. The molecule has 5 nitrogen and oxygen atoms in total. The fourth-order valence-corrected chi connectivity index (χ4v) is 4.75. The van der Waals surface area contributed by atoms with E-state index in [9.17, 15) is 4.79 Å². The van der Waals surface area contributed by atoms with Crippen LogP contribution in [-0.4, -0.2) is 28.6 Å². The zero-order valence-electron chi connectivity index (χ0n) is 20.4. The third-order valence-corrected chi connectivity index (χ3v) is 6.65. The van der Waals surface area contributed by atoms with Crippen LogP contribution in [0.1, 0.15) is 46.6 Å². The second-order valence-corrected chi connectivity index (χ2v) is 9.73. The average Bonchev–Trinajstić information content (AvgIpc) is 3.20. The van der Waals surface area contributed by atoms with Crippen molar-refractivity contribution in [2.24, 2.45) is 0 Å². The minimum atomic E-state index is -0.0306. The highest BCUT2D eigenvalue weighted by Gasteiger charge is 2.11. The number of fused-ring (bicyclic) bond motifs is 1. The number of imidazole rings is 1. The van der Waals surface area contributed by atoms with Gasteiger partial charge in [-0.05, 0) is 68.1 Å². The molecule has 0 unspecified atom stereocenters. The first kappa shape index (κ1) is 25.0. The van der Waals surface area contributed by atoms with Gasteiger partial charge in [-0.3, -0.25) is 4.79 Å². The van der Waals surface area contributed by atoms with Gasteiger partial charge in [0.25, 0.3) is 5.91 Å². The summed E-state index contributed by atoms with van der Waals surface area (Å²) in [6, 6.07) is 22.0. The lowest BCUT2D eigenvalue weighted by Gasteiger charge is -2.14. The van der Waals surface area contributed by atoms with Crippen LogP contribution in [0.15, 0.2) is 71.2 Å². The second-order valence-electron chi connectivity index (χ2n) is 8.81. The minimum absolute atomic E-state index is 0.0306. The van der Waals surface area contributed by atoms with Gasteiger partial charge in [0.1, 0.15) is 18.2 Å². The molecule has 1 heterocycles. The van der Waals surface area contributed by atoms with Gasteiger partial charge in [0.2, 0.25) is 0 Å². The van der Waals surface area contributed by atoms with Crippen LogP contribution in [0.4, 0.5) is 0 Å². The van der Waals surface area contributed by atoms with Crippen molar-refractivity contribution >= 4 is 32.9 Å². The standard InChI is InChI=1S/C29H32BrN3O2/c1-21-10-8-11-22(2)28(21)35-19-18-33-26-15-6-5-14-25(26)32-27(33)16-4-3-7-17-31-29(34)23-12-9-13-24(30)20-23/h5-6,8-15,20H,3-4,7,16-19H2,1-2H3,(H,31,34). The van der Waals surface area contributed by atoms with Gasteiger partial charge in [0.05, 0.1) is 17.6 Å². The molecule has 3 aromatic carbocycles. The number of halogens is 1. The third-order valence-electron chi connectivity index (χ3n) is 6.15. The Bertz CT molecular complexity index is 1280. The van der Waals surface area contributed by atoms with E-state index in [0.717, 1.165) is 70.4 Å². The maximum absolute atomic E-state index is 12.3. The summed E-state index contributed by atoms with van der Waals surface area (Å²) in [5.41, 5.74) is 5.17. The maximum Gasteiger partial charge on any atom is 0.251 e. The van der Waals surface area contributed by atoms with Crippen molar-refractivity contribution in [1.82, 2.24) is 14.9 Å². The number of para-hydroxylation sites is 3. The highest BCUT2D eigenvalue weighted by molar-refractivity contribution is 9.10. The second kappa shape index (κ2) is 12.0. The summed E-state index contributed by atoms with van der Waals surface area (Å²) in [5.74, 6) is 2.04. The van der Waals surface area contributed by atoms with Crippen LogP contribution in [0.25, 0.3) is 11.0 Å². The van der Waals surface area contributed by atoms with Gasteiger partial charge in [-0.1, -0.05) is 58.7 Å². The first-order valence-electron chi connectivity index (χ1n) is 12.2. The molecule has 0 aliphatic heterocycles. The van der Waals surface area contributed by atoms with E-state index in [0.29, 0.717) is 18.7 Å². The van der Waals surface area contributed by atoms with Crippen LogP contribution in [0.2, 0.25) is 0 Å². The highest BCUT2D eigenvalue weighted by atomic mass is 79.9. The molecular weight excluding hydrogens is 502 g/mol. The quantitative estimate of drug-likeness (QED) is 0.220. The van der Waals surface area contributed by atoms with Gasteiger partial charge < -0.3 is 14.6 Å². The fourth-order valence-electron chi connectivity index (χ4n) is 4.35. The number of hydrogen-bond acceptors (Lipinski definition) is 3. The smallest absolute Gasteiger partial charge is 0.251 e. The number of amides is 1. The van der Waals surface area contributed by atoms with E-state index in [1.807, 2.05) is 30.3 Å². The molecule has 0 atom stereocenters. The number of nitrogens with one attached hydrogen (secondary N) is 1. The van der Waals surface area contributed by atoms with Gasteiger partial charge in [0, 0.05) is 23.0 Å². The Kier molecular flexibility index (Phi) is 8.59. The molecule has 4 aromatic rings. The van der Waals surface area contributed by atoms with Gasteiger partial charge >= 0.3 is 0 Å². The number of aryl methyl sites for hydroxylation is 3. The van der Waals surface area contributed by atoms with E-state index in [-0.39, 0.29) is 5.91 Å². The topological polar surface area (TPSA) is 56.1 Å². The van der Waals surface area contributed by atoms with E-state index in [2.05, 4.69) is 76.1 Å². The van der Waals surface area contributed by atoms with E-state index >= 15 is 0 Å². The lowest BCUT2D eigenvalue weighted by Crippen LogP contribution is -2.24. The summed E-state index contributed by atoms with van der Waals surface area (Å²) in [7, 11) is 0. The Labute approximate surface area is 215 Å². The van der Waals surface area contributed by atoms with Crippen LogP contribution in [0.3, 0.4) is 0 Å². The van der Waals surface area contributed by atoms with E-state index in [1.165, 1.54) is 0 Å². The predicted molar refractivity (Wildman–Crippen MR) is 145 cm³/mol. The van der Waals surface area contributed by atoms with E-state index in [1.54, 1.807) is 0 Å². The molecule has 4 rings (SSSR count). The normalized spacial score (nSPS) is 11.1. The van der Waals surface area contributed by atoms with Gasteiger partial charge in [0.15, 0.2) is 0 Å². The summed E-state index contributed by atoms with van der Waals surface area (Å²) in [5, 5.41) is 3.01. The van der Waals surface area contributed by atoms with Crippen molar-refractivity contribution in [3.63, 3.8) is 0 Å². The van der Waals surface area contributed by atoms with Crippen molar-refractivity contribution in [3.8, 4) is 5.75 Å². The SMILES string of the molecule is Cc1cccc(C)c1OCCn1c(CCCCCNC(=O)c2cccc(Br)c2)nc2ccccc21. The number of carbonyl (C=O) groups is 1. The van der Waals surface area contributed by atoms with Gasteiger partial charge in [-0.15, -0.1) is 0 Å². The highest BCUT2D eigenvalue weighted by Crippen LogP contribution is 2.23. The number of benzene rings is 3. The lowest BCUT2D eigenvalue weighted by molar-refractivity contribution is 0.0953. The number of aromatic nitrogens is 2. The summed E-state index contributed by atoms with van der Waals surface area (Å²) < 4.78 is 9.38. The Morgan fingerprint density at radius 1 is 0.971 bits per heavy atom. The number of nitrogens with zero attached hydrogens (tertiary/aromatic N) is 2. The van der Waals surface area contributed by atoms with Crippen LogP contribution in [0.5, 0.6) is 5.75 Å². The van der Waals surface area contributed by atoms with Gasteiger partial charge in [-0.2, -0.15) is 0 Å². The monoisotopic (exact) mass is 533 g/mol. The molecule has 0 saturated heterocycles. The molecule has 35 heavy (non-hydrogen) atoms. The summed E-state index contributed by atoms with van der Waals surface area (Å²) in [6.07, 6.45) is 3.89. The zero-order chi connectivity index (χ0) is 24.6. The minimum Gasteiger partial charge on any atom is -0.491 e. The van der Waals surface area contributed by atoms with Crippen molar-refractivity contribution in [3.05, 3.63) is 93.7 Å². The Balaban J connectivity index is 1.29. The number of unbranched alkanes of at least 4 members (excludes halogenated alkanes) is 2. The lowest BCUT2D eigenvalue weighted by atomic mass is 10.1. The first-order chi connectivity index (χ1) is 17.0. The van der Waals surface area contributed by atoms with E-state index < -0.39 is 0 Å². The Morgan fingerprint density at radius 2 is 1.74 bits per heavy atom. The predicted octanol–water partition coefficient (Wildman–Crippen LogP) is 6.64. The van der Waals surface area contributed by atoms with Gasteiger partial charge in [-0.25, -0.2) is 4.98 Å². The van der Waals surface area contributed by atoms with Crippen LogP contribution < -0.4 is 10.1 Å². The number of ether oxygens (including phenoxy) is 1.